The summed E-state index contributed by atoms with van der Waals surface area (Å²) in [6.07, 6.45) is -0.227. The molecule has 1 aliphatic heterocycles. The summed E-state index contributed by atoms with van der Waals surface area (Å²) in [4.78, 5) is 11.8. The van der Waals surface area contributed by atoms with E-state index >= 15 is 0 Å². The lowest BCUT2D eigenvalue weighted by atomic mass is 10.0. The summed E-state index contributed by atoms with van der Waals surface area (Å²) >= 11 is 0. The van der Waals surface area contributed by atoms with Gasteiger partial charge in [0.05, 0.1) is 12.6 Å². The molecule has 1 heterocycles. The van der Waals surface area contributed by atoms with E-state index in [4.69, 9.17) is 0 Å². The van der Waals surface area contributed by atoms with Crippen molar-refractivity contribution in [1.29, 1.82) is 0 Å². The Kier molecular flexibility index (Phi) is 4.11. The molecule has 1 aromatic rings. The van der Waals surface area contributed by atoms with Gasteiger partial charge in [0.15, 0.2) is 0 Å². The Labute approximate surface area is 110 Å². The molecular formula is C13H17F2N3O. The van der Waals surface area contributed by atoms with Gasteiger partial charge in [0.2, 0.25) is 5.91 Å². The van der Waals surface area contributed by atoms with Crippen molar-refractivity contribution in [2.24, 2.45) is 5.92 Å². The average molecular weight is 269 g/mol. The van der Waals surface area contributed by atoms with Crippen LogP contribution in [0, 0.1) is 17.6 Å². The molecule has 0 spiro atoms. The topological polar surface area (TPSA) is 53.2 Å². The van der Waals surface area contributed by atoms with Crippen molar-refractivity contribution < 1.29 is 13.6 Å². The third kappa shape index (κ3) is 3.48. The van der Waals surface area contributed by atoms with Gasteiger partial charge in [-0.1, -0.05) is 6.92 Å². The third-order valence-electron chi connectivity index (χ3n) is 3.38. The monoisotopic (exact) mass is 269 g/mol. The second-order valence-corrected chi connectivity index (χ2v) is 4.94. The van der Waals surface area contributed by atoms with Crippen LogP contribution in [0.25, 0.3) is 0 Å². The van der Waals surface area contributed by atoms with Gasteiger partial charge in [0.1, 0.15) is 11.6 Å². The molecule has 4 nitrogen and oxygen atoms in total. The predicted molar refractivity (Wildman–Crippen MR) is 66.9 cm³/mol. The lowest BCUT2D eigenvalue weighted by molar-refractivity contribution is -0.121. The maximum atomic E-state index is 13.0. The summed E-state index contributed by atoms with van der Waals surface area (Å²) in [5.41, 5.74) is 6.31. The van der Waals surface area contributed by atoms with Crippen LogP contribution < -0.4 is 16.2 Å². The van der Waals surface area contributed by atoms with Gasteiger partial charge < -0.3 is 5.32 Å². The van der Waals surface area contributed by atoms with Crippen molar-refractivity contribution in [3.05, 3.63) is 35.4 Å². The molecule has 0 saturated carbocycles. The number of hydrogen-bond donors (Lipinski definition) is 3. The van der Waals surface area contributed by atoms with E-state index in [-0.39, 0.29) is 30.5 Å². The zero-order valence-electron chi connectivity index (χ0n) is 10.8. The van der Waals surface area contributed by atoms with Gasteiger partial charge in [-0.25, -0.2) is 14.2 Å². The van der Waals surface area contributed by atoms with E-state index in [1.165, 1.54) is 0 Å². The highest BCUT2D eigenvalue weighted by Gasteiger charge is 2.29. The van der Waals surface area contributed by atoms with E-state index in [9.17, 15) is 13.6 Å². The number of carbonyl (C=O) groups is 1. The molecule has 3 N–H and O–H groups in total. The van der Waals surface area contributed by atoms with Gasteiger partial charge in [0.25, 0.3) is 0 Å². The van der Waals surface area contributed by atoms with E-state index in [0.29, 0.717) is 5.56 Å². The molecule has 104 valence electrons. The maximum absolute atomic E-state index is 13.0. The lowest BCUT2D eigenvalue weighted by Gasteiger charge is -2.17. The van der Waals surface area contributed by atoms with Gasteiger partial charge in [-0.3, -0.25) is 10.2 Å². The molecule has 3 atom stereocenters. The van der Waals surface area contributed by atoms with Crippen LogP contribution in [0.15, 0.2) is 18.2 Å². The Bertz CT molecular complexity index is 461. The highest BCUT2D eigenvalue weighted by atomic mass is 19.1. The van der Waals surface area contributed by atoms with E-state index < -0.39 is 11.6 Å². The summed E-state index contributed by atoms with van der Waals surface area (Å²) in [7, 11) is 0. The van der Waals surface area contributed by atoms with Gasteiger partial charge in [-0.2, -0.15) is 0 Å². The van der Waals surface area contributed by atoms with Crippen molar-refractivity contribution in [3.8, 4) is 0 Å². The molecule has 0 aliphatic carbocycles. The van der Waals surface area contributed by atoms with Gasteiger partial charge in [-0.05, 0) is 24.6 Å². The SMILES string of the molecule is CC1NNC(NC(=O)Cc2cc(F)cc(F)c2)C1C. The van der Waals surface area contributed by atoms with Crippen LogP contribution in [0.1, 0.15) is 19.4 Å². The molecule has 1 saturated heterocycles. The summed E-state index contributed by atoms with van der Waals surface area (Å²) in [5, 5.41) is 2.79. The Balaban J connectivity index is 1.94. The molecule has 0 aromatic heterocycles. The summed E-state index contributed by atoms with van der Waals surface area (Å²) in [5.74, 6) is -1.39. The summed E-state index contributed by atoms with van der Waals surface area (Å²) < 4.78 is 26.0. The van der Waals surface area contributed by atoms with Gasteiger partial charge >= 0.3 is 0 Å². The van der Waals surface area contributed by atoms with Crippen LogP contribution in [0.5, 0.6) is 0 Å². The molecule has 1 amide bonds. The third-order valence-corrected chi connectivity index (χ3v) is 3.38. The molecule has 19 heavy (non-hydrogen) atoms. The minimum absolute atomic E-state index is 0.0477. The largest absolute Gasteiger partial charge is 0.339 e. The number of benzene rings is 1. The smallest absolute Gasteiger partial charge is 0.225 e. The Hall–Kier alpha value is -1.53. The molecule has 1 fully saturated rings. The number of halogens is 2. The number of amides is 1. The van der Waals surface area contributed by atoms with Crippen molar-refractivity contribution in [2.45, 2.75) is 32.5 Å². The number of hydrogen-bond acceptors (Lipinski definition) is 3. The number of rotatable bonds is 3. The highest BCUT2D eigenvalue weighted by molar-refractivity contribution is 5.78. The van der Waals surface area contributed by atoms with E-state index in [2.05, 4.69) is 16.2 Å². The Morgan fingerprint density at radius 3 is 2.37 bits per heavy atom. The fourth-order valence-corrected chi connectivity index (χ4v) is 2.06. The first-order valence-electron chi connectivity index (χ1n) is 6.21. The molecule has 1 aliphatic rings. The zero-order valence-corrected chi connectivity index (χ0v) is 10.8. The van der Waals surface area contributed by atoms with E-state index in [1.54, 1.807) is 0 Å². The molecule has 2 rings (SSSR count). The minimum Gasteiger partial charge on any atom is -0.339 e. The summed E-state index contributed by atoms with van der Waals surface area (Å²) in [6, 6.07) is 3.36. The van der Waals surface area contributed by atoms with Crippen molar-refractivity contribution in [3.63, 3.8) is 0 Å². The molecule has 6 heteroatoms. The normalized spacial score (nSPS) is 26.4. The molecule has 3 unspecified atom stereocenters. The quantitative estimate of drug-likeness (QED) is 0.769. The van der Waals surface area contributed by atoms with Crippen LogP contribution in [0.2, 0.25) is 0 Å². The number of carbonyl (C=O) groups excluding carboxylic acids is 1. The van der Waals surface area contributed by atoms with E-state index in [1.807, 2.05) is 13.8 Å². The Morgan fingerprint density at radius 2 is 1.84 bits per heavy atom. The van der Waals surface area contributed by atoms with Crippen LogP contribution in [-0.4, -0.2) is 18.1 Å². The zero-order chi connectivity index (χ0) is 14.0. The van der Waals surface area contributed by atoms with Gasteiger partial charge in [0, 0.05) is 18.0 Å². The standard InChI is InChI=1S/C13H17F2N3O/c1-7-8(2)17-18-13(7)16-12(19)5-9-3-10(14)6-11(15)4-9/h3-4,6-8,13,17-18H,5H2,1-2H3,(H,16,19). The lowest BCUT2D eigenvalue weighted by Crippen LogP contribution is -2.46. The number of nitrogens with one attached hydrogen (secondary N) is 3. The molecule has 0 radical (unpaired) electrons. The predicted octanol–water partition coefficient (Wildman–Crippen LogP) is 1.08. The fraction of sp³-hybridized carbons (Fsp3) is 0.462. The number of hydrazine groups is 1. The second-order valence-electron chi connectivity index (χ2n) is 4.94. The first kappa shape index (κ1) is 13.9. The second kappa shape index (κ2) is 5.63. The first-order valence-corrected chi connectivity index (χ1v) is 6.21. The summed E-state index contributed by atoms with van der Waals surface area (Å²) in [6.45, 7) is 4.01. The average Bonchev–Trinajstić information content (AvgIpc) is 2.59. The molecule has 0 bridgehead atoms. The first-order chi connectivity index (χ1) is 8.95. The Morgan fingerprint density at radius 1 is 1.21 bits per heavy atom. The van der Waals surface area contributed by atoms with Gasteiger partial charge in [-0.15, -0.1) is 0 Å². The fourth-order valence-electron chi connectivity index (χ4n) is 2.06. The van der Waals surface area contributed by atoms with Crippen LogP contribution in [0.4, 0.5) is 8.78 Å². The van der Waals surface area contributed by atoms with Crippen molar-refractivity contribution in [2.75, 3.05) is 0 Å². The van der Waals surface area contributed by atoms with Crippen molar-refractivity contribution in [1.82, 2.24) is 16.2 Å². The highest BCUT2D eigenvalue weighted by Crippen LogP contribution is 2.12. The van der Waals surface area contributed by atoms with E-state index in [0.717, 1.165) is 18.2 Å². The van der Waals surface area contributed by atoms with Crippen LogP contribution in [0.3, 0.4) is 0 Å². The molecular weight excluding hydrogens is 252 g/mol. The van der Waals surface area contributed by atoms with Crippen molar-refractivity contribution >= 4 is 5.91 Å². The molecule has 1 aromatic carbocycles. The minimum atomic E-state index is -0.676. The maximum Gasteiger partial charge on any atom is 0.225 e. The van der Waals surface area contributed by atoms with Crippen LogP contribution >= 0.6 is 0 Å². The van der Waals surface area contributed by atoms with Crippen LogP contribution in [-0.2, 0) is 11.2 Å².